The highest BCUT2D eigenvalue weighted by Crippen LogP contribution is 2.16. The van der Waals surface area contributed by atoms with Crippen molar-refractivity contribution in [3.05, 3.63) is 41.7 Å². The summed E-state index contributed by atoms with van der Waals surface area (Å²) in [5, 5.41) is 6.47. The highest BCUT2D eigenvalue weighted by Gasteiger charge is 2.23. The maximum absolute atomic E-state index is 12.7. The minimum Gasteiger partial charge on any atom is -0.378 e. The third kappa shape index (κ3) is 4.85. The van der Waals surface area contributed by atoms with Gasteiger partial charge in [-0.25, -0.2) is 0 Å². The summed E-state index contributed by atoms with van der Waals surface area (Å²) >= 11 is 0. The first-order chi connectivity index (χ1) is 12.9. The van der Waals surface area contributed by atoms with E-state index in [1.165, 1.54) is 0 Å². The number of hydrogen-bond donors (Lipinski definition) is 1. The van der Waals surface area contributed by atoms with Crippen LogP contribution in [-0.2, 0) is 4.79 Å². The standard InChI is InChI=1S/C19H25N5O3/c1-14-11-17(21-27-14)20-18(25)13-23-7-9-24(10-8-23)19(26)15-5-4-6-16(12-15)22(2)3/h4-6,11-12H,7-10,13H2,1-3H3,(H,20,21,25). The second-order valence-electron chi connectivity index (χ2n) is 6.88. The Morgan fingerprint density at radius 1 is 1.19 bits per heavy atom. The molecule has 1 fully saturated rings. The van der Waals surface area contributed by atoms with Gasteiger partial charge in [-0.1, -0.05) is 11.2 Å². The molecule has 1 saturated heterocycles. The van der Waals surface area contributed by atoms with Crippen molar-refractivity contribution in [2.45, 2.75) is 6.92 Å². The number of aromatic nitrogens is 1. The van der Waals surface area contributed by atoms with Gasteiger partial charge < -0.3 is 19.6 Å². The van der Waals surface area contributed by atoms with E-state index in [4.69, 9.17) is 4.52 Å². The van der Waals surface area contributed by atoms with Crippen LogP contribution in [0, 0.1) is 6.92 Å². The van der Waals surface area contributed by atoms with Crippen LogP contribution in [0.25, 0.3) is 0 Å². The van der Waals surface area contributed by atoms with Gasteiger partial charge in [-0.15, -0.1) is 0 Å². The summed E-state index contributed by atoms with van der Waals surface area (Å²) in [4.78, 5) is 30.7. The van der Waals surface area contributed by atoms with Crippen molar-refractivity contribution in [2.24, 2.45) is 0 Å². The Morgan fingerprint density at radius 2 is 1.93 bits per heavy atom. The molecule has 8 nitrogen and oxygen atoms in total. The number of aryl methyl sites for hydroxylation is 1. The number of amides is 2. The molecule has 1 aliphatic heterocycles. The first-order valence-corrected chi connectivity index (χ1v) is 8.94. The molecule has 2 amide bonds. The molecule has 0 spiro atoms. The molecule has 0 bridgehead atoms. The van der Waals surface area contributed by atoms with Crippen LogP contribution >= 0.6 is 0 Å². The second kappa shape index (κ2) is 8.22. The fourth-order valence-corrected chi connectivity index (χ4v) is 3.02. The van der Waals surface area contributed by atoms with Gasteiger partial charge in [0.05, 0.1) is 6.54 Å². The normalized spacial score (nSPS) is 14.9. The molecule has 0 atom stereocenters. The lowest BCUT2D eigenvalue weighted by atomic mass is 10.1. The average molecular weight is 371 g/mol. The van der Waals surface area contributed by atoms with Gasteiger partial charge in [-0.05, 0) is 25.1 Å². The number of rotatable bonds is 5. The zero-order chi connectivity index (χ0) is 19.4. The zero-order valence-corrected chi connectivity index (χ0v) is 15.9. The van der Waals surface area contributed by atoms with E-state index in [1.807, 2.05) is 53.1 Å². The SMILES string of the molecule is Cc1cc(NC(=O)CN2CCN(C(=O)c3cccc(N(C)C)c3)CC2)no1. The van der Waals surface area contributed by atoms with Crippen LogP contribution in [0.3, 0.4) is 0 Å². The van der Waals surface area contributed by atoms with E-state index in [-0.39, 0.29) is 18.4 Å². The van der Waals surface area contributed by atoms with Crippen molar-refractivity contribution < 1.29 is 14.1 Å². The minimum absolute atomic E-state index is 0.0286. The van der Waals surface area contributed by atoms with E-state index in [0.29, 0.717) is 43.3 Å². The third-order valence-corrected chi connectivity index (χ3v) is 4.53. The van der Waals surface area contributed by atoms with Gasteiger partial charge in [0.2, 0.25) is 5.91 Å². The van der Waals surface area contributed by atoms with Crippen LogP contribution in [-0.4, -0.2) is 73.6 Å². The first kappa shape index (κ1) is 18.9. The van der Waals surface area contributed by atoms with E-state index in [1.54, 1.807) is 13.0 Å². The first-order valence-electron chi connectivity index (χ1n) is 8.94. The topological polar surface area (TPSA) is 81.9 Å². The number of nitrogens with one attached hydrogen (secondary N) is 1. The zero-order valence-electron chi connectivity index (χ0n) is 15.9. The quantitative estimate of drug-likeness (QED) is 0.857. The maximum atomic E-state index is 12.7. The maximum Gasteiger partial charge on any atom is 0.254 e. The van der Waals surface area contributed by atoms with Gasteiger partial charge in [-0.3, -0.25) is 14.5 Å². The average Bonchev–Trinajstić information content (AvgIpc) is 3.06. The van der Waals surface area contributed by atoms with Gasteiger partial charge >= 0.3 is 0 Å². The van der Waals surface area contributed by atoms with E-state index < -0.39 is 0 Å². The molecule has 1 aliphatic rings. The predicted octanol–water partition coefficient (Wildman–Crippen LogP) is 1.45. The van der Waals surface area contributed by atoms with Crippen LogP contribution in [0.15, 0.2) is 34.9 Å². The van der Waals surface area contributed by atoms with Crippen molar-refractivity contribution in [3.63, 3.8) is 0 Å². The third-order valence-electron chi connectivity index (χ3n) is 4.53. The van der Waals surface area contributed by atoms with Crippen molar-refractivity contribution in [1.29, 1.82) is 0 Å². The number of carbonyl (C=O) groups is 2. The Balaban J connectivity index is 1.50. The molecular weight excluding hydrogens is 346 g/mol. The number of anilines is 2. The Kier molecular flexibility index (Phi) is 5.75. The van der Waals surface area contributed by atoms with E-state index in [9.17, 15) is 9.59 Å². The molecule has 1 aromatic carbocycles. The van der Waals surface area contributed by atoms with Crippen LogP contribution in [0.1, 0.15) is 16.1 Å². The Hall–Kier alpha value is -2.87. The fourth-order valence-electron chi connectivity index (χ4n) is 3.02. The molecular formula is C19H25N5O3. The summed E-state index contributed by atoms with van der Waals surface area (Å²) in [7, 11) is 3.90. The number of nitrogens with zero attached hydrogens (tertiary/aromatic N) is 4. The summed E-state index contributed by atoms with van der Waals surface area (Å²) in [6.45, 7) is 4.55. The van der Waals surface area contributed by atoms with Crippen molar-refractivity contribution >= 4 is 23.3 Å². The molecule has 144 valence electrons. The van der Waals surface area contributed by atoms with Crippen LogP contribution < -0.4 is 10.2 Å². The molecule has 0 radical (unpaired) electrons. The highest BCUT2D eigenvalue weighted by molar-refractivity contribution is 5.95. The highest BCUT2D eigenvalue weighted by atomic mass is 16.5. The summed E-state index contributed by atoms with van der Waals surface area (Å²) in [6.07, 6.45) is 0. The minimum atomic E-state index is -0.137. The molecule has 1 N–H and O–H groups in total. The summed E-state index contributed by atoms with van der Waals surface area (Å²) < 4.78 is 4.94. The monoisotopic (exact) mass is 371 g/mol. The van der Waals surface area contributed by atoms with Gasteiger partial charge in [0.1, 0.15) is 5.76 Å². The Bertz CT molecular complexity index is 809. The van der Waals surface area contributed by atoms with Crippen molar-refractivity contribution in [2.75, 3.05) is 57.0 Å². The molecule has 8 heteroatoms. The second-order valence-corrected chi connectivity index (χ2v) is 6.88. The van der Waals surface area contributed by atoms with Gasteiger partial charge in [0, 0.05) is 57.6 Å². The van der Waals surface area contributed by atoms with Crippen LogP contribution in [0.2, 0.25) is 0 Å². The van der Waals surface area contributed by atoms with Crippen molar-refractivity contribution in [1.82, 2.24) is 15.0 Å². The molecule has 2 heterocycles. The summed E-state index contributed by atoms with van der Waals surface area (Å²) in [6, 6.07) is 9.30. The van der Waals surface area contributed by atoms with E-state index in [0.717, 1.165) is 5.69 Å². The summed E-state index contributed by atoms with van der Waals surface area (Å²) in [5.41, 5.74) is 1.69. The fraction of sp³-hybridized carbons (Fsp3) is 0.421. The van der Waals surface area contributed by atoms with E-state index >= 15 is 0 Å². The van der Waals surface area contributed by atoms with Crippen LogP contribution in [0.5, 0.6) is 0 Å². The van der Waals surface area contributed by atoms with E-state index in [2.05, 4.69) is 10.5 Å². The van der Waals surface area contributed by atoms with Crippen LogP contribution in [0.4, 0.5) is 11.5 Å². The number of piperazine rings is 1. The lowest BCUT2D eigenvalue weighted by Crippen LogP contribution is -2.50. The summed E-state index contributed by atoms with van der Waals surface area (Å²) in [5.74, 6) is 0.963. The molecule has 3 rings (SSSR count). The Morgan fingerprint density at radius 3 is 2.56 bits per heavy atom. The number of benzene rings is 1. The Labute approximate surface area is 158 Å². The van der Waals surface area contributed by atoms with Gasteiger partial charge in [0.15, 0.2) is 5.82 Å². The smallest absolute Gasteiger partial charge is 0.254 e. The van der Waals surface area contributed by atoms with Gasteiger partial charge in [0.25, 0.3) is 5.91 Å². The molecule has 0 aliphatic carbocycles. The predicted molar refractivity (Wildman–Crippen MR) is 103 cm³/mol. The molecule has 0 unspecified atom stereocenters. The lowest BCUT2D eigenvalue weighted by molar-refractivity contribution is -0.117. The van der Waals surface area contributed by atoms with Gasteiger partial charge in [-0.2, -0.15) is 0 Å². The largest absolute Gasteiger partial charge is 0.378 e. The number of carbonyl (C=O) groups excluding carboxylic acids is 2. The molecule has 2 aromatic rings. The number of hydrogen-bond acceptors (Lipinski definition) is 6. The van der Waals surface area contributed by atoms with Crippen molar-refractivity contribution in [3.8, 4) is 0 Å². The molecule has 27 heavy (non-hydrogen) atoms. The molecule has 1 aromatic heterocycles. The lowest BCUT2D eigenvalue weighted by Gasteiger charge is -2.34. The molecule has 0 saturated carbocycles.